The molecule has 0 bridgehead atoms. The Labute approximate surface area is 162 Å². The maximum Gasteiger partial charge on any atom is 0.335 e. The highest BCUT2D eigenvalue weighted by Crippen LogP contribution is 2.25. The summed E-state index contributed by atoms with van der Waals surface area (Å²) in [6.45, 7) is 4.42. The second-order valence-electron chi connectivity index (χ2n) is 7.11. The van der Waals surface area contributed by atoms with Gasteiger partial charge in [0.05, 0.1) is 11.3 Å². The summed E-state index contributed by atoms with van der Waals surface area (Å²) in [5.74, 6) is -1.15. The largest absolute Gasteiger partial charge is 0.478 e. The van der Waals surface area contributed by atoms with Crippen molar-refractivity contribution in [3.8, 4) is 0 Å². The van der Waals surface area contributed by atoms with Gasteiger partial charge in [-0.3, -0.25) is 0 Å². The first-order valence-electron chi connectivity index (χ1n) is 9.65. The highest BCUT2D eigenvalue weighted by Gasteiger charge is 2.22. The number of carboxylic acid groups (broad SMARTS) is 1. The van der Waals surface area contributed by atoms with Crippen LogP contribution in [0.5, 0.6) is 0 Å². The Bertz CT molecular complexity index is 787. The fourth-order valence-electron chi connectivity index (χ4n) is 3.33. The maximum absolute atomic E-state index is 12.8. The van der Waals surface area contributed by atoms with Crippen molar-refractivity contribution in [2.24, 2.45) is 0 Å². The van der Waals surface area contributed by atoms with Crippen LogP contribution >= 0.6 is 0 Å². The normalized spacial score (nSPS) is 15.9. The minimum Gasteiger partial charge on any atom is -0.478 e. The first kappa shape index (κ1) is 21.4. The van der Waals surface area contributed by atoms with Gasteiger partial charge in [-0.1, -0.05) is 25.0 Å². The van der Waals surface area contributed by atoms with Crippen LogP contribution in [-0.4, -0.2) is 32.1 Å². The number of nitrogens with one attached hydrogen (secondary N) is 2. The molecule has 2 rings (SSSR count). The molecule has 0 saturated heterocycles. The van der Waals surface area contributed by atoms with Crippen LogP contribution in [0.15, 0.2) is 34.7 Å². The number of carboxylic acids is 1. The quantitative estimate of drug-likeness (QED) is 0.518. The van der Waals surface area contributed by atoms with E-state index in [2.05, 4.69) is 16.1 Å². The van der Waals surface area contributed by atoms with Crippen LogP contribution in [0.1, 0.15) is 69.2 Å². The summed E-state index contributed by atoms with van der Waals surface area (Å²) >= 11 is 0. The molecule has 1 atom stereocenters. The van der Waals surface area contributed by atoms with Crippen molar-refractivity contribution in [3.63, 3.8) is 0 Å². The fourth-order valence-corrected chi connectivity index (χ4v) is 4.82. The van der Waals surface area contributed by atoms with Crippen molar-refractivity contribution in [1.29, 1.82) is 0 Å². The van der Waals surface area contributed by atoms with Gasteiger partial charge in [0.15, 0.2) is 0 Å². The van der Waals surface area contributed by atoms with E-state index in [1.54, 1.807) is 0 Å². The van der Waals surface area contributed by atoms with E-state index in [4.69, 9.17) is 0 Å². The standard InChI is InChI=1S/C20H30N2O4S/c1-3-7-15(2)22-27(25,26)19-14-17(20(23)24)10-11-18(19)21-13-12-16-8-5-4-6-9-16/h8,10-11,14-15,21-22H,3-7,9,12-13H2,1-2H3,(H,23,24)/t15-/m1/s1. The Morgan fingerprint density at radius 1 is 1.30 bits per heavy atom. The zero-order valence-corrected chi connectivity index (χ0v) is 16.9. The van der Waals surface area contributed by atoms with Crippen molar-refractivity contribution in [3.05, 3.63) is 35.4 Å². The molecular formula is C20H30N2O4S. The highest BCUT2D eigenvalue weighted by atomic mass is 32.2. The average Bonchev–Trinajstić information content (AvgIpc) is 2.62. The molecule has 0 radical (unpaired) electrons. The summed E-state index contributed by atoms with van der Waals surface area (Å²) in [4.78, 5) is 11.3. The smallest absolute Gasteiger partial charge is 0.335 e. The first-order chi connectivity index (χ1) is 12.8. The van der Waals surface area contributed by atoms with Gasteiger partial charge in [-0.05, 0) is 63.6 Å². The average molecular weight is 395 g/mol. The van der Waals surface area contributed by atoms with Crippen LogP contribution in [0.25, 0.3) is 0 Å². The number of anilines is 1. The van der Waals surface area contributed by atoms with Crippen molar-refractivity contribution >= 4 is 21.7 Å². The molecule has 0 saturated carbocycles. The molecule has 0 heterocycles. The molecule has 0 aromatic heterocycles. The Balaban J connectivity index is 2.20. The van der Waals surface area contributed by atoms with Gasteiger partial charge in [0, 0.05) is 12.6 Å². The molecule has 7 heteroatoms. The van der Waals surface area contributed by atoms with E-state index in [0.29, 0.717) is 12.2 Å². The zero-order chi connectivity index (χ0) is 19.9. The molecule has 0 aliphatic heterocycles. The van der Waals surface area contributed by atoms with Crippen LogP contribution in [0.2, 0.25) is 0 Å². The summed E-state index contributed by atoms with van der Waals surface area (Å²) in [6.07, 6.45) is 9.36. The molecule has 1 aromatic rings. The lowest BCUT2D eigenvalue weighted by atomic mass is 9.97. The number of allylic oxidation sites excluding steroid dienone is 1. The molecular weight excluding hydrogens is 364 g/mol. The van der Waals surface area contributed by atoms with Crippen LogP contribution in [-0.2, 0) is 10.0 Å². The lowest BCUT2D eigenvalue weighted by Gasteiger charge is -2.18. The van der Waals surface area contributed by atoms with Gasteiger partial charge in [-0.15, -0.1) is 0 Å². The Morgan fingerprint density at radius 3 is 2.70 bits per heavy atom. The Kier molecular flexibility index (Phi) is 7.86. The third kappa shape index (κ3) is 6.36. The van der Waals surface area contributed by atoms with Crippen molar-refractivity contribution < 1.29 is 18.3 Å². The molecule has 0 unspecified atom stereocenters. The van der Waals surface area contributed by atoms with Crippen LogP contribution in [0.4, 0.5) is 5.69 Å². The predicted molar refractivity (Wildman–Crippen MR) is 108 cm³/mol. The summed E-state index contributed by atoms with van der Waals surface area (Å²) in [5, 5.41) is 12.4. The van der Waals surface area contributed by atoms with E-state index in [-0.39, 0.29) is 16.5 Å². The van der Waals surface area contributed by atoms with Gasteiger partial charge in [-0.2, -0.15) is 0 Å². The monoisotopic (exact) mass is 394 g/mol. The lowest BCUT2D eigenvalue weighted by Crippen LogP contribution is -2.33. The minimum atomic E-state index is -3.81. The van der Waals surface area contributed by atoms with Crippen molar-refractivity contribution in [2.75, 3.05) is 11.9 Å². The zero-order valence-electron chi connectivity index (χ0n) is 16.1. The van der Waals surface area contributed by atoms with E-state index in [0.717, 1.165) is 32.1 Å². The second-order valence-corrected chi connectivity index (χ2v) is 8.79. The molecule has 150 valence electrons. The number of aromatic carboxylic acids is 1. The Morgan fingerprint density at radius 2 is 2.07 bits per heavy atom. The van der Waals surface area contributed by atoms with E-state index < -0.39 is 16.0 Å². The lowest BCUT2D eigenvalue weighted by molar-refractivity contribution is 0.0696. The topological polar surface area (TPSA) is 95.5 Å². The molecule has 27 heavy (non-hydrogen) atoms. The van der Waals surface area contributed by atoms with E-state index in [9.17, 15) is 18.3 Å². The maximum atomic E-state index is 12.8. The van der Waals surface area contributed by atoms with Crippen LogP contribution in [0.3, 0.4) is 0 Å². The SMILES string of the molecule is CCC[C@@H](C)NS(=O)(=O)c1cc(C(=O)O)ccc1NCCC1=CCCCC1. The van der Waals surface area contributed by atoms with Gasteiger partial charge in [0.2, 0.25) is 10.0 Å². The third-order valence-electron chi connectivity index (χ3n) is 4.74. The molecule has 0 spiro atoms. The number of sulfonamides is 1. The fraction of sp³-hybridized carbons (Fsp3) is 0.550. The summed E-state index contributed by atoms with van der Waals surface area (Å²) in [6, 6.07) is 3.98. The Hall–Kier alpha value is -1.86. The molecule has 1 aliphatic carbocycles. The van der Waals surface area contributed by atoms with Crippen molar-refractivity contribution in [1.82, 2.24) is 4.72 Å². The molecule has 3 N–H and O–H groups in total. The number of carbonyl (C=O) groups is 1. The number of rotatable bonds is 10. The molecule has 1 aliphatic rings. The van der Waals surface area contributed by atoms with Gasteiger partial charge < -0.3 is 10.4 Å². The van der Waals surface area contributed by atoms with Gasteiger partial charge in [-0.25, -0.2) is 17.9 Å². The first-order valence-corrected chi connectivity index (χ1v) is 11.1. The van der Waals surface area contributed by atoms with E-state index in [1.165, 1.54) is 36.6 Å². The summed E-state index contributed by atoms with van der Waals surface area (Å²) in [5.41, 5.74) is 1.79. The predicted octanol–water partition coefficient (Wildman–Crippen LogP) is 4.15. The molecule has 1 aromatic carbocycles. The minimum absolute atomic E-state index is 0.0111. The third-order valence-corrected chi connectivity index (χ3v) is 6.37. The molecule has 0 amide bonds. The van der Waals surface area contributed by atoms with Gasteiger partial charge in [0.1, 0.15) is 4.90 Å². The number of benzene rings is 1. The number of hydrogen-bond donors (Lipinski definition) is 3. The summed E-state index contributed by atoms with van der Waals surface area (Å²) < 4.78 is 28.3. The van der Waals surface area contributed by atoms with Gasteiger partial charge >= 0.3 is 5.97 Å². The van der Waals surface area contributed by atoms with E-state index in [1.807, 2.05) is 13.8 Å². The van der Waals surface area contributed by atoms with Gasteiger partial charge in [0.25, 0.3) is 0 Å². The number of hydrogen-bond acceptors (Lipinski definition) is 4. The van der Waals surface area contributed by atoms with Crippen LogP contribution < -0.4 is 10.0 Å². The van der Waals surface area contributed by atoms with Crippen LogP contribution in [0, 0.1) is 0 Å². The second kappa shape index (κ2) is 9.90. The van der Waals surface area contributed by atoms with E-state index >= 15 is 0 Å². The highest BCUT2D eigenvalue weighted by molar-refractivity contribution is 7.89. The van der Waals surface area contributed by atoms with Crippen molar-refractivity contribution in [2.45, 2.75) is 69.7 Å². The molecule has 0 fully saturated rings. The summed E-state index contributed by atoms with van der Waals surface area (Å²) in [7, 11) is -3.81. The molecule has 6 nitrogen and oxygen atoms in total.